The number of benzene rings is 3. The highest BCUT2D eigenvalue weighted by Crippen LogP contribution is 2.60. The molecule has 0 saturated carbocycles. The third-order valence-electron chi connectivity index (χ3n) is 9.12. The SMILES string of the molecule is CC(C)COC(=O)c1ccc(NC(=O)COC(=O)CCCCCN2C(=O)[C@H]3C4c5ccccc5C(c5ccccc54)[C@@H]3C2=O)cc1. The molecule has 1 N–H and O–H groups in total. The van der Waals surface area contributed by atoms with Crippen molar-refractivity contribution in [1.82, 2.24) is 4.90 Å². The Morgan fingerprint density at radius 1 is 0.739 bits per heavy atom. The second-order valence-electron chi connectivity index (χ2n) is 12.7. The van der Waals surface area contributed by atoms with Crippen molar-refractivity contribution in [3.8, 4) is 0 Å². The first kappa shape index (κ1) is 31.2. The molecule has 46 heavy (non-hydrogen) atoms. The number of carbonyl (C=O) groups excluding carboxylic acids is 5. The highest BCUT2D eigenvalue weighted by atomic mass is 16.5. The van der Waals surface area contributed by atoms with Crippen LogP contribution in [-0.4, -0.2) is 54.3 Å². The smallest absolute Gasteiger partial charge is 0.338 e. The Hall–Kier alpha value is -4.79. The Labute approximate surface area is 268 Å². The highest BCUT2D eigenvalue weighted by Gasteiger charge is 2.61. The zero-order valence-electron chi connectivity index (χ0n) is 26.1. The summed E-state index contributed by atoms with van der Waals surface area (Å²) in [5.41, 5.74) is 5.46. The number of nitrogens with one attached hydrogen (secondary N) is 1. The largest absolute Gasteiger partial charge is 0.462 e. The van der Waals surface area contributed by atoms with Crippen LogP contribution in [0.2, 0.25) is 0 Å². The van der Waals surface area contributed by atoms with Gasteiger partial charge in [-0.25, -0.2) is 4.79 Å². The molecular formula is C37H38N2O7. The number of imide groups is 1. The third-order valence-corrected chi connectivity index (χ3v) is 9.12. The Bertz CT molecular complexity index is 1550. The van der Waals surface area contributed by atoms with Gasteiger partial charge in [0.15, 0.2) is 6.61 Å². The summed E-state index contributed by atoms with van der Waals surface area (Å²) in [6, 6.07) is 22.7. The Balaban J connectivity index is 0.935. The number of nitrogens with zero attached hydrogens (tertiary/aromatic N) is 1. The lowest BCUT2D eigenvalue weighted by Gasteiger charge is -2.45. The van der Waals surface area contributed by atoms with Gasteiger partial charge in [0, 0.05) is 30.5 Å². The first-order chi connectivity index (χ1) is 22.2. The molecule has 7 rings (SSSR count). The Kier molecular flexibility index (Phi) is 9.01. The van der Waals surface area contributed by atoms with Gasteiger partial charge in [0.25, 0.3) is 5.91 Å². The molecule has 3 aromatic rings. The van der Waals surface area contributed by atoms with Crippen LogP contribution in [0.5, 0.6) is 0 Å². The lowest BCUT2D eigenvalue weighted by atomic mass is 9.55. The minimum Gasteiger partial charge on any atom is -0.462 e. The monoisotopic (exact) mass is 622 g/mol. The minimum atomic E-state index is -0.496. The van der Waals surface area contributed by atoms with Gasteiger partial charge in [-0.15, -0.1) is 0 Å². The van der Waals surface area contributed by atoms with Crippen LogP contribution >= 0.6 is 0 Å². The Morgan fingerprint density at radius 3 is 1.80 bits per heavy atom. The van der Waals surface area contributed by atoms with Gasteiger partial charge in [-0.1, -0.05) is 68.8 Å². The van der Waals surface area contributed by atoms with Crippen molar-refractivity contribution in [1.29, 1.82) is 0 Å². The summed E-state index contributed by atoms with van der Waals surface area (Å²) >= 11 is 0. The summed E-state index contributed by atoms with van der Waals surface area (Å²) in [5, 5.41) is 2.64. The maximum atomic E-state index is 13.7. The normalized spacial score (nSPS) is 20.6. The molecule has 0 aromatic heterocycles. The molecular weight excluding hydrogens is 584 g/mol. The maximum Gasteiger partial charge on any atom is 0.338 e. The topological polar surface area (TPSA) is 119 Å². The fraction of sp³-hybridized carbons (Fsp3) is 0.378. The van der Waals surface area contributed by atoms with Crippen molar-refractivity contribution >= 4 is 35.3 Å². The zero-order chi connectivity index (χ0) is 32.4. The quantitative estimate of drug-likeness (QED) is 0.162. The molecule has 2 bridgehead atoms. The van der Waals surface area contributed by atoms with E-state index >= 15 is 0 Å². The average Bonchev–Trinajstić information content (AvgIpc) is 3.32. The third kappa shape index (κ3) is 6.06. The van der Waals surface area contributed by atoms with Gasteiger partial charge < -0.3 is 14.8 Å². The van der Waals surface area contributed by atoms with Crippen molar-refractivity contribution in [3.05, 3.63) is 101 Å². The highest BCUT2D eigenvalue weighted by molar-refractivity contribution is 6.07. The zero-order valence-corrected chi connectivity index (χ0v) is 26.1. The van der Waals surface area contributed by atoms with Crippen LogP contribution in [0.4, 0.5) is 5.69 Å². The van der Waals surface area contributed by atoms with Gasteiger partial charge in [-0.3, -0.25) is 24.1 Å². The van der Waals surface area contributed by atoms with Gasteiger partial charge in [0.1, 0.15) is 0 Å². The molecule has 3 amide bonds. The minimum absolute atomic E-state index is 0.0971. The lowest BCUT2D eigenvalue weighted by Crippen LogP contribution is -2.41. The molecule has 4 aliphatic rings. The molecule has 3 aliphatic carbocycles. The number of amides is 3. The molecule has 0 unspecified atom stereocenters. The number of rotatable bonds is 12. The van der Waals surface area contributed by atoms with E-state index in [9.17, 15) is 24.0 Å². The van der Waals surface area contributed by atoms with Gasteiger partial charge >= 0.3 is 11.9 Å². The molecule has 1 fully saturated rings. The maximum absolute atomic E-state index is 13.7. The second kappa shape index (κ2) is 13.3. The first-order valence-corrected chi connectivity index (χ1v) is 16.0. The lowest BCUT2D eigenvalue weighted by molar-refractivity contribution is -0.147. The summed E-state index contributed by atoms with van der Waals surface area (Å²) in [4.78, 5) is 65.3. The van der Waals surface area contributed by atoms with Crippen LogP contribution in [0, 0.1) is 17.8 Å². The van der Waals surface area contributed by atoms with Crippen LogP contribution in [0.3, 0.4) is 0 Å². The van der Waals surface area contributed by atoms with Crippen LogP contribution in [0.15, 0.2) is 72.8 Å². The second-order valence-corrected chi connectivity index (χ2v) is 12.7. The van der Waals surface area contributed by atoms with Crippen molar-refractivity contribution < 1.29 is 33.4 Å². The van der Waals surface area contributed by atoms with Crippen LogP contribution in [-0.2, 0) is 28.7 Å². The number of hydrogen-bond acceptors (Lipinski definition) is 7. The molecule has 3 aromatic carbocycles. The molecule has 1 heterocycles. The molecule has 0 radical (unpaired) electrons. The standard InChI is InChI=1S/C37H38N2O7/c1-22(2)20-46-37(44)23-15-17-24(18-16-23)38-29(40)21-45-30(41)14-4-3-9-19-39-35(42)33-31-25-10-5-6-11-26(25)32(34(33)36(39)43)28-13-8-7-12-27(28)31/h5-8,10-13,15-18,22,31-34H,3-4,9,14,19-21H2,1-2H3,(H,38,40)/t31?,32?,33-,34-/m0/s1. The van der Waals surface area contributed by atoms with E-state index in [2.05, 4.69) is 29.6 Å². The van der Waals surface area contributed by atoms with Crippen molar-refractivity contribution in [2.45, 2.75) is 51.4 Å². The van der Waals surface area contributed by atoms with E-state index in [0.717, 1.165) is 22.3 Å². The average molecular weight is 623 g/mol. The number of anilines is 1. The molecule has 1 aliphatic heterocycles. The van der Waals surface area contributed by atoms with Gasteiger partial charge in [0.2, 0.25) is 11.8 Å². The first-order valence-electron chi connectivity index (χ1n) is 16.0. The summed E-state index contributed by atoms with van der Waals surface area (Å²) in [7, 11) is 0. The van der Waals surface area contributed by atoms with Crippen molar-refractivity contribution in [2.24, 2.45) is 17.8 Å². The molecule has 238 valence electrons. The molecule has 0 spiro atoms. The van der Waals surface area contributed by atoms with Gasteiger partial charge in [0.05, 0.1) is 24.0 Å². The van der Waals surface area contributed by atoms with Crippen molar-refractivity contribution in [3.63, 3.8) is 0 Å². The van der Waals surface area contributed by atoms with E-state index < -0.39 is 24.5 Å². The van der Waals surface area contributed by atoms with E-state index in [1.165, 1.54) is 4.90 Å². The number of carbonyl (C=O) groups is 5. The van der Waals surface area contributed by atoms with E-state index in [-0.39, 0.29) is 47.8 Å². The summed E-state index contributed by atoms with van der Waals surface area (Å²) in [6.07, 6.45) is 1.86. The number of unbranched alkanes of at least 4 members (excludes halogenated alkanes) is 2. The summed E-state index contributed by atoms with van der Waals surface area (Å²) in [6.45, 7) is 4.12. The van der Waals surface area contributed by atoms with E-state index in [0.29, 0.717) is 43.7 Å². The Morgan fingerprint density at radius 2 is 1.28 bits per heavy atom. The van der Waals surface area contributed by atoms with Crippen LogP contribution < -0.4 is 5.32 Å². The summed E-state index contributed by atoms with van der Waals surface area (Å²) in [5.74, 6) is -2.38. The fourth-order valence-electron chi connectivity index (χ4n) is 7.11. The number of likely N-dealkylation sites (tertiary alicyclic amines) is 1. The van der Waals surface area contributed by atoms with Gasteiger partial charge in [-0.2, -0.15) is 0 Å². The van der Waals surface area contributed by atoms with E-state index in [4.69, 9.17) is 9.47 Å². The van der Waals surface area contributed by atoms with Crippen LogP contribution in [0.25, 0.3) is 0 Å². The number of esters is 2. The van der Waals surface area contributed by atoms with Gasteiger partial charge in [-0.05, 0) is 65.3 Å². The molecule has 2 atom stereocenters. The number of hydrogen-bond donors (Lipinski definition) is 1. The predicted octanol–water partition coefficient (Wildman–Crippen LogP) is 5.43. The molecule has 1 saturated heterocycles. The van der Waals surface area contributed by atoms with E-state index in [1.54, 1.807) is 24.3 Å². The molecule has 9 heteroatoms. The fourth-order valence-corrected chi connectivity index (χ4v) is 7.11. The van der Waals surface area contributed by atoms with Crippen molar-refractivity contribution in [2.75, 3.05) is 25.1 Å². The summed E-state index contributed by atoms with van der Waals surface area (Å²) < 4.78 is 10.3. The number of ether oxygens (including phenoxy) is 2. The van der Waals surface area contributed by atoms with E-state index in [1.807, 2.05) is 38.1 Å². The van der Waals surface area contributed by atoms with Crippen LogP contribution in [0.1, 0.15) is 84.0 Å². The molecule has 9 nitrogen and oxygen atoms in total. The predicted molar refractivity (Wildman–Crippen MR) is 170 cm³/mol.